The van der Waals surface area contributed by atoms with E-state index < -0.39 is 23.1 Å². The fourth-order valence-electron chi connectivity index (χ4n) is 3.20. The molecule has 2 aromatic rings. The minimum absolute atomic E-state index is 0.00637. The van der Waals surface area contributed by atoms with Gasteiger partial charge in [0.1, 0.15) is 0 Å². The highest BCUT2D eigenvalue weighted by molar-refractivity contribution is 5.29. The summed E-state index contributed by atoms with van der Waals surface area (Å²) in [5, 5.41) is 37.6. The molecule has 142 valence electrons. The number of hydrogen-bond donors (Lipinski definition) is 4. The SMILES string of the molecule is OCCC[C@@H](Cc1ccc(O)c(F)c1)[C@@H](CO)Cc1ccc(O)c(F)c1. The second-order valence-electron chi connectivity index (χ2n) is 6.55. The summed E-state index contributed by atoms with van der Waals surface area (Å²) in [5.74, 6) is -2.55. The lowest BCUT2D eigenvalue weighted by Gasteiger charge is -2.26. The van der Waals surface area contributed by atoms with Crippen LogP contribution in [0.25, 0.3) is 0 Å². The second kappa shape index (κ2) is 9.50. The first-order chi connectivity index (χ1) is 12.4. The predicted octanol–water partition coefficient (Wildman–Crippen LogP) is 3.16. The molecule has 0 saturated heterocycles. The van der Waals surface area contributed by atoms with Crippen molar-refractivity contribution in [2.45, 2.75) is 25.7 Å². The lowest BCUT2D eigenvalue weighted by molar-refractivity contribution is 0.158. The number of rotatable bonds is 9. The number of hydrogen-bond acceptors (Lipinski definition) is 4. The van der Waals surface area contributed by atoms with E-state index in [0.29, 0.717) is 36.8 Å². The zero-order valence-electron chi connectivity index (χ0n) is 14.4. The van der Waals surface area contributed by atoms with Gasteiger partial charge in [-0.1, -0.05) is 12.1 Å². The zero-order valence-corrected chi connectivity index (χ0v) is 14.4. The summed E-state index contributed by atoms with van der Waals surface area (Å²) in [6.07, 6.45) is 2.00. The molecule has 2 atom stereocenters. The van der Waals surface area contributed by atoms with E-state index in [1.807, 2.05) is 0 Å². The van der Waals surface area contributed by atoms with Gasteiger partial charge in [-0.3, -0.25) is 0 Å². The van der Waals surface area contributed by atoms with Crippen LogP contribution >= 0.6 is 0 Å². The molecule has 4 nitrogen and oxygen atoms in total. The molecule has 0 saturated carbocycles. The van der Waals surface area contributed by atoms with Crippen LogP contribution in [-0.4, -0.2) is 33.6 Å². The Morgan fingerprint density at radius 1 is 0.769 bits per heavy atom. The van der Waals surface area contributed by atoms with E-state index in [4.69, 9.17) is 5.11 Å². The van der Waals surface area contributed by atoms with Crippen molar-refractivity contribution in [2.24, 2.45) is 11.8 Å². The van der Waals surface area contributed by atoms with Crippen molar-refractivity contribution in [2.75, 3.05) is 13.2 Å². The van der Waals surface area contributed by atoms with Gasteiger partial charge in [0, 0.05) is 13.2 Å². The van der Waals surface area contributed by atoms with Gasteiger partial charge in [-0.25, -0.2) is 8.78 Å². The maximum Gasteiger partial charge on any atom is 0.165 e. The molecule has 26 heavy (non-hydrogen) atoms. The molecule has 0 aliphatic rings. The summed E-state index contributed by atoms with van der Waals surface area (Å²) < 4.78 is 27.1. The fourth-order valence-corrected chi connectivity index (χ4v) is 3.20. The first kappa shape index (κ1) is 20.1. The quantitative estimate of drug-likeness (QED) is 0.550. The fraction of sp³-hybridized carbons (Fsp3) is 0.400. The maximum absolute atomic E-state index is 13.6. The molecule has 4 N–H and O–H groups in total. The molecule has 0 bridgehead atoms. The van der Waals surface area contributed by atoms with Crippen molar-refractivity contribution < 1.29 is 29.2 Å². The normalized spacial score (nSPS) is 13.5. The van der Waals surface area contributed by atoms with Gasteiger partial charge in [0.2, 0.25) is 0 Å². The molecule has 0 amide bonds. The number of phenolic OH excluding ortho intramolecular Hbond substituents is 2. The number of phenols is 2. The topological polar surface area (TPSA) is 80.9 Å². The molecule has 6 heteroatoms. The van der Waals surface area contributed by atoms with Gasteiger partial charge in [0.25, 0.3) is 0 Å². The van der Waals surface area contributed by atoms with Crippen LogP contribution in [0.15, 0.2) is 36.4 Å². The Morgan fingerprint density at radius 3 is 1.69 bits per heavy atom. The lowest BCUT2D eigenvalue weighted by atomic mass is 9.80. The third-order valence-electron chi connectivity index (χ3n) is 4.65. The molecule has 0 radical (unpaired) electrons. The summed E-state index contributed by atoms with van der Waals surface area (Å²) in [4.78, 5) is 0. The molecular weight excluding hydrogens is 342 g/mol. The highest BCUT2D eigenvalue weighted by Crippen LogP contribution is 2.28. The van der Waals surface area contributed by atoms with Crippen molar-refractivity contribution in [1.82, 2.24) is 0 Å². The monoisotopic (exact) mass is 366 g/mol. The van der Waals surface area contributed by atoms with Crippen molar-refractivity contribution in [3.05, 3.63) is 59.2 Å². The zero-order chi connectivity index (χ0) is 19.1. The maximum atomic E-state index is 13.6. The van der Waals surface area contributed by atoms with E-state index in [2.05, 4.69) is 0 Å². The van der Waals surface area contributed by atoms with Crippen LogP contribution in [0.3, 0.4) is 0 Å². The van der Waals surface area contributed by atoms with E-state index in [1.165, 1.54) is 24.3 Å². The summed E-state index contributed by atoms with van der Waals surface area (Å²) in [5.41, 5.74) is 1.32. The van der Waals surface area contributed by atoms with E-state index in [-0.39, 0.29) is 25.0 Å². The summed E-state index contributed by atoms with van der Waals surface area (Å²) in [6.45, 7) is -0.133. The molecule has 0 heterocycles. The molecule has 2 aromatic carbocycles. The van der Waals surface area contributed by atoms with Crippen LogP contribution in [0.4, 0.5) is 8.78 Å². The van der Waals surface area contributed by atoms with Gasteiger partial charge in [-0.2, -0.15) is 0 Å². The Bertz CT molecular complexity index is 721. The van der Waals surface area contributed by atoms with Crippen LogP contribution < -0.4 is 0 Å². The van der Waals surface area contributed by atoms with E-state index >= 15 is 0 Å². The highest BCUT2D eigenvalue weighted by atomic mass is 19.1. The minimum Gasteiger partial charge on any atom is -0.505 e. The Morgan fingerprint density at radius 2 is 1.27 bits per heavy atom. The number of aliphatic hydroxyl groups is 2. The van der Waals surface area contributed by atoms with Gasteiger partial charge < -0.3 is 20.4 Å². The highest BCUT2D eigenvalue weighted by Gasteiger charge is 2.22. The molecular formula is C20H24F2O4. The van der Waals surface area contributed by atoms with Crippen molar-refractivity contribution in [1.29, 1.82) is 0 Å². The van der Waals surface area contributed by atoms with Crippen LogP contribution in [-0.2, 0) is 12.8 Å². The van der Waals surface area contributed by atoms with E-state index in [0.717, 1.165) is 0 Å². The van der Waals surface area contributed by atoms with Crippen LogP contribution in [0.1, 0.15) is 24.0 Å². The van der Waals surface area contributed by atoms with Crippen LogP contribution in [0, 0.1) is 23.5 Å². The molecule has 2 rings (SSSR count). The number of aromatic hydroxyl groups is 2. The van der Waals surface area contributed by atoms with Gasteiger partial charge in [0.15, 0.2) is 23.1 Å². The Kier molecular flexibility index (Phi) is 7.36. The summed E-state index contributed by atoms with van der Waals surface area (Å²) >= 11 is 0. The molecule has 0 fully saturated rings. The molecule has 0 aromatic heterocycles. The average molecular weight is 366 g/mol. The minimum atomic E-state index is -0.716. The van der Waals surface area contributed by atoms with Gasteiger partial charge in [-0.05, 0) is 72.9 Å². The first-order valence-corrected chi connectivity index (χ1v) is 8.61. The molecule has 0 aliphatic carbocycles. The van der Waals surface area contributed by atoms with Gasteiger partial charge in [0.05, 0.1) is 0 Å². The third kappa shape index (κ3) is 5.41. The Hall–Kier alpha value is -2.18. The van der Waals surface area contributed by atoms with Crippen molar-refractivity contribution >= 4 is 0 Å². The van der Waals surface area contributed by atoms with Gasteiger partial charge in [-0.15, -0.1) is 0 Å². The van der Waals surface area contributed by atoms with Crippen LogP contribution in [0.5, 0.6) is 11.5 Å². The second-order valence-corrected chi connectivity index (χ2v) is 6.55. The van der Waals surface area contributed by atoms with E-state index in [1.54, 1.807) is 12.1 Å². The summed E-state index contributed by atoms with van der Waals surface area (Å²) in [6, 6.07) is 8.29. The number of aliphatic hydroxyl groups excluding tert-OH is 2. The molecule has 0 spiro atoms. The largest absolute Gasteiger partial charge is 0.505 e. The standard InChI is InChI=1S/C20H24F2O4/c21-17-10-13(3-5-19(17)25)8-15(2-1-7-23)16(12-24)9-14-4-6-20(26)18(22)11-14/h3-6,10-11,15-16,23-26H,1-2,7-9,12H2/t15-,16+/m0/s1. The lowest BCUT2D eigenvalue weighted by Crippen LogP contribution is -2.24. The van der Waals surface area contributed by atoms with E-state index in [9.17, 15) is 24.1 Å². The first-order valence-electron chi connectivity index (χ1n) is 8.61. The van der Waals surface area contributed by atoms with Crippen molar-refractivity contribution in [3.63, 3.8) is 0 Å². The predicted molar refractivity (Wildman–Crippen MR) is 93.9 cm³/mol. The third-order valence-corrected chi connectivity index (χ3v) is 4.65. The number of benzene rings is 2. The van der Waals surface area contributed by atoms with Gasteiger partial charge >= 0.3 is 0 Å². The Balaban J connectivity index is 2.17. The number of halogens is 2. The molecule has 0 aliphatic heterocycles. The smallest absolute Gasteiger partial charge is 0.165 e. The van der Waals surface area contributed by atoms with Crippen molar-refractivity contribution in [3.8, 4) is 11.5 Å². The molecule has 0 unspecified atom stereocenters. The summed E-state index contributed by atoms with van der Waals surface area (Å²) in [7, 11) is 0. The Labute approximate surface area is 151 Å². The average Bonchev–Trinajstić information content (AvgIpc) is 2.62. The van der Waals surface area contributed by atoms with Crippen LogP contribution in [0.2, 0.25) is 0 Å².